The number of benzene rings is 1. The highest BCUT2D eigenvalue weighted by Gasteiger charge is 2.51. The molecule has 2 fully saturated rings. The molecule has 2 nitrogen and oxygen atoms in total. The smallest absolute Gasteiger partial charge is 0.0802 e. The van der Waals surface area contributed by atoms with Crippen molar-refractivity contribution in [3.05, 3.63) is 35.4 Å². The second-order valence-electron chi connectivity index (χ2n) is 4.88. The van der Waals surface area contributed by atoms with E-state index in [1.165, 1.54) is 17.5 Å². The Labute approximate surface area is 90.4 Å². The predicted molar refractivity (Wildman–Crippen MR) is 59.6 cm³/mol. The fourth-order valence-electron chi connectivity index (χ4n) is 3.12. The summed E-state index contributed by atoms with van der Waals surface area (Å²) >= 11 is 0. The van der Waals surface area contributed by atoms with E-state index >= 15 is 0 Å². The van der Waals surface area contributed by atoms with Gasteiger partial charge in [-0.2, -0.15) is 0 Å². The van der Waals surface area contributed by atoms with Gasteiger partial charge in [0.05, 0.1) is 17.7 Å². The van der Waals surface area contributed by atoms with Crippen LogP contribution in [-0.2, 0) is 10.3 Å². The molecule has 0 aromatic heterocycles. The quantitative estimate of drug-likeness (QED) is 0.758. The third-order valence-corrected chi connectivity index (χ3v) is 3.89. The van der Waals surface area contributed by atoms with Crippen LogP contribution in [0, 0.1) is 6.92 Å². The summed E-state index contributed by atoms with van der Waals surface area (Å²) in [7, 11) is 0. The van der Waals surface area contributed by atoms with E-state index < -0.39 is 0 Å². The molecule has 80 valence electrons. The first kappa shape index (κ1) is 9.37. The molecule has 0 amide bonds. The van der Waals surface area contributed by atoms with Gasteiger partial charge in [0.15, 0.2) is 0 Å². The van der Waals surface area contributed by atoms with Gasteiger partial charge >= 0.3 is 0 Å². The van der Waals surface area contributed by atoms with Gasteiger partial charge in [-0.15, -0.1) is 0 Å². The van der Waals surface area contributed by atoms with E-state index in [1.807, 2.05) is 0 Å². The number of hydrogen-bond acceptors (Lipinski definition) is 2. The first-order chi connectivity index (χ1) is 7.20. The van der Waals surface area contributed by atoms with Crippen LogP contribution in [0.4, 0.5) is 0 Å². The number of rotatable bonds is 1. The molecule has 2 heterocycles. The van der Waals surface area contributed by atoms with Gasteiger partial charge in [-0.3, -0.25) is 0 Å². The maximum atomic E-state index is 6.54. The van der Waals surface area contributed by atoms with Crippen LogP contribution in [0.3, 0.4) is 0 Å². The molecule has 3 unspecified atom stereocenters. The molecule has 2 aliphatic heterocycles. The molecule has 1 aromatic rings. The minimum absolute atomic E-state index is 0.228. The highest BCUT2D eigenvalue weighted by molar-refractivity contribution is 5.35. The monoisotopic (exact) mass is 203 g/mol. The molecule has 2 bridgehead atoms. The van der Waals surface area contributed by atoms with Crippen LogP contribution < -0.4 is 5.73 Å². The van der Waals surface area contributed by atoms with E-state index in [1.54, 1.807) is 0 Å². The van der Waals surface area contributed by atoms with Crippen LogP contribution >= 0.6 is 0 Å². The van der Waals surface area contributed by atoms with Crippen molar-refractivity contribution in [2.75, 3.05) is 0 Å². The maximum Gasteiger partial charge on any atom is 0.0802 e. The van der Waals surface area contributed by atoms with E-state index in [9.17, 15) is 0 Å². The fourth-order valence-corrected chi connectivity index (χ4v) is 3.12. The second kappa shape index (κ2) is 3.06. The third kappa shape index (κ3) is 1.25. The van der Waals surface area contributed by atoms with Crippen molar-refractivity contribution in [2.24, 2.45) is 5.73 Å². The molecule has 2 aliphatic rings. The molecule has 15 heavy (non-hydrogen) atoms. The molecule has 0 spiro atoms. The van der Waals surface area contributed by atoms with Crippen LogP contribution in [0.25, 0.3) is 0 Å². The molecular weight excluding hydrogens is 186 g/mol. The Bertz CT molecular complexity index is 390. The van der Waals surface area contributed by atoms with E-state index in [2.05, 4.69) is 31.2 Å². The summed E-state index contributed by atoms with van der Waals surface area (Å²) in [4.78, 5) is 0. The van der Waals surface area contributed by atoms with Crippen molar-refractivity contribution in [3.63, 3.8) is 0 Å². The van der Waals surface area contributed by atoms with Gasteiger partial charge in [-0.25, -0.2) is 0 Å². The van der Waals surface area contributed by atoms with Crippen molar-refractivity contribution in [2.45, 2.75) is 43.9 Å². The average Bonchev–Trinajstić information content (AvgIpc) is 2.78. The lowest BCUT2D eigenvalue weighted by Crippen LogP contribution is -2.46. The van der Waals surface area contributed by atoms with Crippen molar-refractivity contribution in [1.82, 2.24) is 0 Å². The lowest BCUT2D eigenvalue weighted by molar-refractivity contribution is 0.0852. The van der Waals surface area contributed by atoms with Gasteiger partial charge in [-0.05, 0) is 37.3 Å². The first-order valence-electron chi connectivity index (χ1n) is 5.70. The standard InChI is InChI=1S/C13H17NO/c1-9-4-2-3-5-11(9)13(14)8-10-6-7-12(13)15-10/h2-5,10,12H,6-8,14H2,1H3. The second-order valence-corrected chi connectivity index (χ2v) is 4.88. The molecule has 3 atom stereocenters. The highest BCUT2D eigenvalue weighted by Crippen LogP contribution is 2.46. The summed E-state index contributed by atoms with van der Waals surface area (Å²) in [5.41, 5.74) is 8.88. The molecule has 0 aliphatic carbocycles. The lowest BCUT2D eigenvalue weighted by atomic mass is 9.76. The zero-order valence-electron chi connectivity index (χ0n) is 9.07. The van der Waals surface area contributed by atoms with E-state index in [0.717, 1.165) is 12.8 Å². The third-order valence-electron chi connectivity index (χ3n) is 3.89. The molecular formula is C13H17NO. The maximum absolute atomic E-state index is 6.54. The molecule has 1 aromatic carbocycles. The zero-order chi connectivity index (χ0) is 10.5. The van der Waals surface area contributed by atoms with Gasteiger partial charge in [0.25, 0.3) is 0 Å². The SMILES string of the molecule is Cc1ccccc1C1(N)CC2CCC1O2. The zero-order valence-corrected chi connectivity index (χ0v) is 9.07. The first-order valence-corrected chi connectivity index (χ1v) is 5.70. The Hall–Kier alpha value is -0.860. The Morgan fingerprint density at radius 3 is 2.73 bits per heavy atom. The molecule has 2 saturated heterocycles. The van der Waals surface area contributed by atoms with Gasteiger partial charge in [0.2, 0.25) is 0 Å². The normalized spacial score (nSPS) is 38.5. The molecule has 0 radical (unpaired) electrons. The minimum Gasteiger partial charge on any atom is -0.373 e. The molecule has 2 N–H and O–H groups in total. The van der Waals surface area contributed by atoms with E-state index in [-0.39, 0.29) is 11.6 Å². The Kier molecular flexibility index (Phi) is 1.91. The summed E-state index contributed by atoms with van der Waals surface area (Å²) in [5, 5.41) is 0. The van der Waals surface area contributed by atoms with Crippen LogP contribution in [-0.4, -0.2) is 12.2 Å². The Balaban J connectivity index is 2.04. The van der Waals surface area contributed by atoms with Gasteiger partial charge in [0, 0.05) is 0 Å². The molecule has 2 heteroatoms. The van der Waals surface area contributed by atoms with Crippen molar-refractivity contribution in [1.29, 1.82) is 0 Å². The van der Waals surface area contributed by atoms with Crippen LogP contribution in [0.15, 0.2) is 24.3 Å². The van der Waals surface area contributed by atoms with E-state index in [4.69, 9.17) is 10.5 Å². The summed E-state index contributed by atoms with van der Waals surface area (Å²) in [6.45, 7) is 2.13. The van der Waals surface area contributed by atoms with E-state index in [0.29, 0.717) is 6.10 Å². The Morgan fingerprint density at radius 1 is 1.33 bits per heavy atom. The van der Waals surface area contributed by atoms with Gasteiger partial charge in [0.1, 0.15) is 0 Å². The molecule has 0 saturated carbocycles. The average molecular weight is 203 g/mol. The summed E-state index contributed by atoms with van der Waals surface area (Å²) < 4.78 is 5.87. The summed E-state index contributed by atoms with van der Waals surface area (Å²) in [6, 6.07) is 8.43. The Morgan fingerprint density at radius 2 is 2.13 bits per heavy atom. The summed E-state index contributed by atoms with van der Waals surface area (Å²) in [6.07, 6.45) is 3.94. The minimum atomic E-state index is -0.228. The van der Waals surface area contributed by atoms with Crippen molar-refractivity contribution in [3.8, 4) is 0 Å². The van der Waals surface area contributed by atoms with Crippen molar-refractivity contribution >= 4 is 0 Å². The van der Waals surface area contributed by atoms with Crippen LogP contribution in [0.2, 0.25) is 0 Å². The van der Waals surface area contributed by atoms with Gasteiger partial charge in [-0.1, -0.05) is 24.3 Å². The number of aryl methyl sites for hydroxylation is 1. The summed E-state index contributed by atoms with van der Waals surface area (Å²) in [5.74, 6) is 0. The highest BCUT2D eigenvalue weighted by atomic mass is 16.5. The number of nitrogens with two attached hydrogens (primary N) is 1. The number of ether oxygens (including phenoxy) is 1. The van der Waals surface area contributed by atoms with Crippen LogP contribution in [0.5, 0.6) is 0 Å². The predicted octanol–water partition coefficient (Wildman–Crippen LogP) is 2.10. The lowest BCUT2D eigenvalue weighted by Gasteiger charge is -2.32. The number of hydrogen-bond donors (Lipinski definition) is 1. The number of fused-ring (bicyclic) bond motifs is 2. The largest absolute Gasteiger partial charge is 0.373 e. The topological polar surface area (TPSA) is 35.2 Å². The van der Waals surface area contributed by atoms with Gasteiger partial charge < -0.3 is 10.5 Å². The molecule has 3 rings (SSSR count). The van der Waals surface area contributed by atoms with Crippen molar-refractivity contribution < 1.29 is 4.74 Å². The fraction of sp³-hybridized carbons (Fsp3) is 0.538. The van der Waals surface area contributed by atoms with Crippen LogP contribution in [0.1, 0.15) is 30.4 Å².